The fraction of sp³-hybridized carbons (Fsp3) is 0.929. The van der Waals surface area contributed by atoms with Crippen molar-refractivity contribution in [3.05, 3.63) is 11.6 Å². The van der Waals surface area contributed by atoms with E-state index >= 15 is 0 Å². The number of rotatable bonds is 23. The second kappa shape index (κ2) is 21.1. The van der Waals surface area contributed by atoms with Crippen LogP contribution in [0.4, 0.5) is 0 Å². The largest absolute Gasteiger partial charge is 0.465 e. The number of ether oxygens (including phenoxy) is 1. The molecule has 0 aromatic heterocycles. The van der Waals surface area contributed by atoms with Crippen molar-refractivity contribution < 1.29 is 27.9 Å². The lowest BCUT2D eigenvalue weighted by Gasteiger charge is -2.46. The van der Waals surface area contributed by atoms with Gasteiger partial charge in [0.2, 0.25) is 0 Å². The van der Waals surface area contributed by atoms with Gasteiger partial charge in [-0.3, -0.25) is 4.79 Å². The Morgan fingerprint density at radius 3 is 1.69 bits per heavy atom. The second-order valence-corrected chi connectivity index (χ2v) is 34.3. The Kier molecular flexibility index (Phi) is 21.0. The summed E-state index contributed by atoms with van der Waals surface area (Å²) in [7, 11) is -5.85. The third kappa shape index (κ3) is 16.9. The molecule has 9 heteroatoms. The van der Waals surface area contributed by atoms with Crippen molar-refractivity contribution >= 4 is 30.9 Å². The minimum atomic E-state index is -2.15. The molecule has 0 aliphatic heterocycles. The molecule has 304 valence electrons. The second-order valence-electron chi connectivity index (χ2n) is 20.0. The van der Waals surface area contributed by atoms with Gasteiger partial charge in [0, 0.05) is 18.9 Å². The molecule has 51 heavy (non-hydrogen) atoms. The molecule has 0 saturated heterocycles. The van der Waals surface area contributed by atoms with Crippen LogP contribution in [0.3, 0.4) is 0 Å². The monoisotopic (exact) mass is 773 g/mol. The molecule has 1 N–H and O–H groups in total. The van der Waals surface area contributed by atoms with Crippen LogP contribution in [0.1, 0.15) is 143 Å². The smallest absolute Gasteiger partial charge is 0.311 e. The van der Waals surface area contributed by atoms with E-state index in [2.05, 4.69) is 122 Å². The Hall–Kier alpha value is -0.299. The van der Waals surface area contributed by atoms with E-state index in [4.69, 9.17) is 18.0 Å². The van der Waals surface area contributed by atoms with Crippen LogP contribution in [0, 0.1) is 23.2 Å². The summed E-state index contributed by atoms with van der Waals surface area (Å²) >= 11 is 0. The van der Waals surface area contributed by atoms with E-state index in [1.165, 1.54) is 0 Å². The zero-order chi connectivity index (χ0) is 40.2. The van der Waals surface area contributed by atoms with E-state index in [1.54, 1.807) is 0 Å². The first kappa shape index (κ1) is 50.7. The predicted molar refractivity (Wildman–Crippen MR) is 228 cm³/mol. The molecular weight excluding hydrogens is 685 g/mol. The minimum Gasteiger partial charge on any atom is -0.465 e. The maximum absolute atomic E-state index is 12.7. The summed E-state index contributed by atoms with van der Waals surface area (Å²) in [5.74, 6) is 0.644. The Balaban J connectivity index is 6.04. The van der Waals surface area contributed by atoms with Gasteiger partial charge in [-0.05, 0) is 125 Å². The van der Waals surface area contributed by atoms with Gasteiger partial charge in [0.1, 0.15) is 0 Å². The van der Waals surface area contributed by atoms with Gasteiger partial charge in [0.25, 0.3) is 0 Å². The van der Waals surface area contributed by atoms with E-state index in [0.29, 0.717) is 25.4 Å². The third-order valence-electron chi connectivity index (χ3n) is 12.6. The van der Waals surface area contributed by atoms with Crippen molar-refractivity contribution in [2.75, 3.05) is 13.2 Å². The number of aliphatic hydroxyl groups is 1. The van der Waals surface area contributed by atoms with Crippen LogP contribution in [-0.2, 0) is 22.8 Å². The number of carbonyl (C=O) groups excluding carboxylic acids is 1. The highest BCUT2D eigenvalue weighted by atomic mass is 28.4. The van der Waals surface area contributed by atoms with Crippen LogP contribution in [0.2, 0.25) is 54.4 Å². The third-order valence-corrected chi connectivity index (χ3v) is 26.3. The van der Waals surface area contributed by atoms with Crippen LogP contribution in [0.5, 0.6) is 0 Å². The molecule has 0 aromatic rings. The molecule has 0 saturated carbocycles. The van der Waals surface area contributed by atoms with Gasteiger partial charge in [0.05, 0.1) is 30.3 Å². The molecule has 0 rings (SSSR count). The fourth-order valence-electron chi connectivity index (χ4n) is 5.89. The van der Waals surface area contributed by atoms with Crippen LogP contribution in [0.15, 0.2) is 11.6 Å². The first-order valence-corrected chi connectivity index (χ1v) is 28.9. The van der Waals surface area contributed by atoms with Crippen LogP contribution in [-0.4, -0.2) is 67.6 Å². The van der Waals surface area contributed by atoms with E-state index < -0.39 is 36.5 Å². The van der Waals surface area contributed by atoms with E-state index in [-0.39, 0.29) is 40.1 Å². The van der Waals surface area contributed by atoms with Crippen molar-refractivity contribution in [2.24, 2.45) is 23.2 Å². The maximum Gasteiger partial charge on any atom is 0.311 e. The number of hydrogen-bond donors (Lipinski definition) is 1. The number of allylic oxidation sites excluding steroid dienone is 1. The normalized spacial score (nSPS) is 17.9. The molecule has 0 fully saturated rings. The average Bonchev–Trinajstić information content (AvgIpc) is 3.00. The summed E-state index contributed by atoms with van der Waals surface area (Å²) in [6.45, 7) is 45.7. The molecule has 0 unspecified atom stereocenters. The lowest BCUT2D eigenvalue weighted by molar-refractivity contribution is -0.153. The van der Waals surface area contributed by atoms with Crippen LogP contribution in [0.25, 0.3) is 0 Å². The van der Waals surface area contributed by atoms with Gasteiger partial charge in [-0.25, -0.2) is 0 Å². The summed E-state index contributed by atoms with van der Waals surface area (Å²) in [5.41, 5.74) is 0.518. The average molecular weight is 773 g/mol. The molecule has 0 radical (unpaired) electrons. The number of carbonyl (C=O) groups is 1. The Labute approximate surface area is 321 Å². The predicted octanol–water partition coefficient (Wildman–Crippen LogP) is 12.5. The van der Waals surface area contributed by atoms with Gasteiger partial charge in [0.15, 0.2) is 25.0 Å². The lowest BCUT2D eigenvalue weighted by atomic mass is 9.85. The summed E-state index contributed by atoms with van der Waals surface area (Å²) in [4.78, 5) is 12.7. The van der Waals surface area contributed by atoms with Gasteiger partial charge in [-0.1, -0.05) is 89.2 Å². The molecule has 0 amide bonds. The Bertz CT molecular complexity index is 1020. The standard InChI is InChI=1S/C42H88O6Si3/c1-21-51(22-2,23-3)47-37(29-30-45-39(44)40(8,9)10)35(7)38(48-50(19,20)42(14,15)16)34(6)26-27-36(43)33(5)25-24-32(4)28-31-46-49(17,18)41(11,12)13/h25,32,34-38,43H,21-24,26-31H2,1-20H3/b33-25+/t32-,34-,35-,36+,37-,38-/m1/s1. The molecule has 0 aromatic carbocycles. The van der Waals surface area contributed by atoms with E-state index in [1.807, 2.05) is 20.8 Å². The topological polar surface area (TPSA) is 74.2 Å². The highest BCUT2D eigenvalue weighted by molar-refractivity contribution is 6.74. The van der Waals surface area contributed by atoms with Gasteiger partial charge in [-0.15, -0.1) is 0 Å². The molecule has 0 heterocycles. The van der Waals surface area contributed by atoms with E-state index in [9.17, 15) is 9.90 Å². The van der Waals surface area contributed by atoms with Gasteiger partial charge < -0.3 is 23.1 Å². The highest BCUT2D eigenvalue weighted by Crippen LogP contribution is 2.41. The zero-order valence-corrected chi connectivity index (χ0v) is 40.6. The van der Waals surface area contributed by atoms with Crippen molar-refractivity contribution in [3.63, 3.8) is 0 Å². The summed E-state index contributed by atoms with van der Waals surface area (Å²) < 4.78 is 26.8. The molecule has 0 spiro atoms. The number of esters is 1. The highest BCUT2D eigenvalue weighted by Gasteiger charge is 2.44. The first-order chi connectivity index (χ1) is 23.0. The molecule has 6 atom stereocenters. The van der Waals surface area contributed by atoms with Crippen molar-refractivity contribution in [1.29, 1.82) is 0 Å². The first-order valence-electron chi connectivity index (χ1n) is 20.5. The quantitative estimate of drug-likeness (QED) is 0.0633. The number of aliphatic hydroxyl groups excluding tert-OH is 1. The summed E-state index contributed by atoms with van der Waals surface area (Å²) in [5, 5.41) is 11.6. The molecule has 0 aliphatic rings. The molecule has 6 nitrogen and oxygen atoms in total. The number of hydrogen-bond acceptors (Lipinski definition) is 6. The summed E-state index contributed by atoms with van der Waals surface area (Å²) in [6.07, 6.45) is 5.85. The van der Waals surface area contributed by atoms with Crippen molar-refractivity contribution in [1.82, 2.24) is 0 Å². The SMILES string of the molecule is CC[Si](CC)(CC)O[C@H](CCOC(=O)C(C)(C)C)[C@@H](C)[C@H](O[Si](C)(C)C(C)(C)C)[C@H](C)CC[C@H](O)/C(C)=C/C[C@@H](C)CCO[Si](C)(C)C(C)(C)C. The minimum absolute atomic E-state index is 0.0381. The molecule has 0 bridgehead atoms. The maximum atomic E-state index is 12.7. The van der Waals surface area contributed by atoms with Crippen molar-refractivity contribution in [2.45, 2.75) is 216 Å². The van der Waals surface area contributed by atoms with Gasteiger partial charge in [-0.2, -0.15) is 0 Å². The Morgan fingerprint density at radius 2 is 1.24 bits per heavy atom. The zero-order valence-electron chi connectivity index (χ0n) is 37.6. The van der Waals surface area contributed by atoms with Crippen LogP contribution < -0.4 is 0 Å². The molecular formula is C42H88O6Si3. The van der Waals surface area contributed by atoms with Crippen molar-refractivity contribution in [3.8, 4) is 0 Å². The summed E-state index contributed by atoms with van der Waals surface area (Å²) in [6, 6.07) is 3.19. The van der Waals surface area contributed by atoms with Gasteiger partial charge >= 0.3 is 5.97 Å². The van der Waals surface area contributed by atoms with E-state index in [0.717, 1.165) is 49.6 Å². The lowest BCUT2D eigenvalue weighted by Crippen LogP contribution is -2.51. The molecule has 0 aliphatic carbocycles. The van der Waals surface area contributed by atoms with Crippen LogP contribution >= 0.6 is 0 Å². The Morgan fingerprint density at radius 1 is 0.725 bits per heavy atom. The fourth-order valence-corrected chi connectivity index (χ4v) is 11.4.